The van der Waals surface area contributed by atoms with Crippen molar-refractivity contribution in [3.63, 3.8) is 0 Å². The summed E-state index contributed by atoms with van der Waals surface area (Å²) in [6.07, 6.45) is 5.40. The molecule has 0 radical (unpaired) electrons. The molecular weight excluding hydrogens is 476 g/mol. The third-order valence-corrected chi connectivity index (χ3v) is 11.0. The maximum Gasteiger partial charge on any atom is 0.120 e. The molecule has 0 saturated heterocycles. The molecular formula is C37H40O2. The van der Waals surface area contributed by atoms with Crippen LogP contribution in [0.25, 0.3) is 10.8 Å². The van der Waals surface area contributed by atoms with Crippen LogP contribution in [0.15, 0.2) is 84.9 Å². The standard InChI is InChI=1S/C37H40O2/c1-6-35(5,7-2)38-29-18-14-27(15-19-29)36(24-26-12-8-10-25-11-9-13-31(36)33(25)26)28-16-20-30(21-17-28)39-37-23-22-32(37)34(37,3)4/h8-21,32H,6-7,22-24H2,1-5H3/t32?,36?,37-/m1/s1. The van der Waals surface area contributed by atoms with Gasteiger partial charge in [-0.25, -0.2) is 0 Å². The molecule has 2 heteroatoms. The SMILES string of the molecule is CCC(C)(CC)Oc1ccc(C2(c3ccc(O[C@]45CCC4C5(C)C)cc3)Cc3cccc4cccc2c34)cc1. The van der Waals surface area contributed by atoms with Crippen molar-refractivity contribution >= 4 is 10.8 Å². The molecule has 4 aromatic rings. The topological polar surface area (TPSA) is 18.5 Å². The molecule has 2 nitrogen and oxygen atoms in total. The van der Waals surface area contributed by atoms with E-state index in [0.29, 0.717) is 11.3 Å². The van der Waals surface area contributed by atoms with Gasteiger partial charge in [0, 0.05) is 16.7 Å². The number of ether oxygens (including phenoxy) is 2. The van der Waals surface area contributed by atoms with Crippen LogP contribution in [0.4, 0.5) is 0 Å². The lowest BCUT2D eigenvalue weighted by atomic mass is 9.69. The van der Waals surface area contributed by atoms with Crippen molar-refractivity contribution in [2.45, 2.75) is 83.3 Å². The van der Waals surface area contributed by atoms with Gasteiger partial charge in [0.05, 0.1) is 0 Å². The van der Waals surface area contributed by atoms with Gasteiger partial charge in [0.1, 0.15) is 22.7 Å². The monoisotopic (exact) mass is 516 g/mol. The molecule has 2 fully saturated rings. The van der Waals surface area contributed by atoms with Gasteiger partial charge in [0.25, 0.3) is 0 Å². The maximum atomic E-state index is 6.67. The summed E-state index contributed by atoms with van der Waals surface area (Å²) in [7, 11) is 0. The van der Waals surface area contributed by atoms with Crippen LogP contribution in [0.2, 0.25) is 0 Å². The van der Waals surface area contributed by atoms with Crippen LogP contribution in [-0.2, 0) is 11.8 Å². The van der Waals surface area contributed by atoms with E-state index in [0.717, 1.165) is 30.8 Å². The molecule has 4 aromatic carbocycles. The summed E-state index contributed by atoms with van der Waals surface area (Å²) < 4.78 is 13.1. The van der Waals surface area contributed by atoms with Crippen LogP contribution in [-0.4, -0.2) is 11.2 Å². The van der Waals surface area contributed by atoms with Gasteiger partial charge in [-0.1, -0.05) is 88.4 Å². The second-order valence-corrected chi connectivity index (χ2v) is 13.0. The van der Waals surface area contributed by atoms with E-state index >= 15 is 0 Å². The molecule has 0 aromatic heterocycles. The highest BCUT2D eigenvalue weighted by Gasteiger charge is 2.79. The van der Waals surface area contributed by atoms with E-state index in [2.05, 4.69) is 120 Å². The molecule has 0 N–H and O–H groups in total. The minimum Gasteiger partial charge on any atom is -0.488 e. The van der Waals surface area contributed by atoms with Crippen LogP contribution in [0.3, 0.4) is 0 Å². The van der Waals surface area contributed by atoms with E-state index in [1.807, 2.05) is 0 Å². The highest BCUT2D eigenvalue weighted by Crippen LogP contribution is 2.75. The number of hydrogen-bond acceptors (Lipinski definition) is 2. The third-order valence-electron chi connectivity index (χ3n) is 11.0. The van der Waals surface area contributed by atoms with Gasteiger partial charge in [0.2, 0.25) is 0 Å². The van der Waals surface area contributed by atoms with Crippen molar-refractivity contribution in [3.05, 3.63) is 107 Å². The van der Waals surface area contributed by atoms with Crippen LogP contribution in [0.1, 0.15) is 82.6 Å². The average molecular weight is 517 g/mol. The maximum absolute atomic E-state index is 6.67. The highest BCUT2D eigenvalue weighted by molar-refractivity contribution is 5.94. The Balaban J connectivity index is 1.30. The van der Waals surface area contributed by atoms with E-state index < -0.39 is 0 Å². The molecule has 39 heavy (non-hydrogen) atoms. The molecule has 7 rings (SSSR count). The number of fused-ring (bicyclic) bond motifs is 1. The van der Waals surface area contributed by atoms with Gasteiger partial charge < -0.3 is 9.47 Å². The molecule has 0 amide bonds. The lowest BCUT2D eigenvalue weighted by Gasteiger charge is -2.34. The predicted molar refractivity (Wildman–Crippen MR) is 160 cm³/mol. The molecule has 2 saturated carbocycles. The molecule has 0 heterocycles. The fourth-order valence-electron chi connectivity index (χ4n) is 7.90. The number of rotatable bonds is 8. The van der Waals surface area contributed by atoms with Gasteiger partial charge in [-0.3, -0.25) is 0 Å². The Labute approximate surface area is 233 Å². The second-order valence-electron chi connectivity index (χ2n) is 13.0. The molecule has 0 spiro atoms. The zero-order chi connectivity index (χ0) is 27.0. The fraction of sp³-hybridized carbons (Fsp3) is 0.405. The summed E-state index contributed by atoms with van der Waals surface area (Å²) in [5.41, 5.74) is 5.40. The second kappa shape index (κ2) is 8.37. The van der Waals surface area contributed by atoms with Crippen molar-refractivity contribution in [2.75, 3.05) is 0 Å². The van der Waals surface area contributed by atoms with Gasteiger partial charge in [-0.2, -0.15) is 0 Å². The largest absolute Gasteiger partial charge is 0.488 e. The Morgan fingerprint density at radius 1 is 0.795 bits per heavy atom. The van der Waals surface area contributed by atoms with E-state index in [1.165, 1.54) is 45.9 Å². The Morgan fingerprint density at radius 2 is 1.41 bits per heavy atom. The van der Waals surface area contributed by atoms with Crippen molar-refractivity contribution in [3.8, 4) is 11.5 Å². The Bertz CT molecular complexity index is 1540. The summed E-state index contributed by atoms with van der Waals surface area (Å²) in [4.78, 5) is 0. The first-order chi connectivity index (χ1) is 18.8. The summed E-state index contributed by atoms with van der Waals surface area (Å²) in [6.45, 7) is 11.3. The Kier molecular flexibility index (Phi) is 5.31. The van der Waals surface area contributed by atoms with Crippen LogP contribution >= 0.6 is 0 Å². The minimum atomic E-state index is -0.255. The lowest BCUT2D eigenvalue weighted by molar-refractivity contribution is 0.0802. The van der Waals surface area contributed by atoms with Crippen molar-refractivity contribution in [2.24, 2.45) is 11.3 Å². The van der Waals surface area contributed by atoms with Gasteiger partial charge in [-0.05, 0) is 96.3 Å². The summed E-state index contributed by atoms with van der Waals surface area (Å²) in [5.74, 6) is 2.65. The summed E-state index contributed by atoms with van der Waals surface area (Å²) in [6, 6.07) is 31.5. The van der Waals surface area contributed by atoms with E-state index in [-0.39, 0.29) is 16.6 Å². The fourth-order valence-corrected chi connectivity index (χ4v) is 7.90. The average Bonchev–Trinajstić information content (AvgIpc) is 3.15. The van der Waals surface area contributed by atoms with E-state index in [1.54, 1.807) is 0 Å². The quantitative estimate of drug-likeness (QED) is 0.232. The van der Waals surface area contributed by atoms with Crippen LogP contribution in [0, 0.1) is 11.3 Å². The van der Waals surface area contributed by atoms with Crippen molar-refractivity contribution in [1.29, 1.82) is 0 Å². The first-order valence-electron chi connectivity index (χ1n) is 14.9. The van der Waals surface area contributed by atoms with E-state index in [4.69, 9.17) is 9.47 Å². The van der Waals surface area contributed by atoms with E-state index in [9.17, 15) is 0 Å². The first-order valence-corrected chi connectivity index (χ1v) is 14.9. The molecule has 3 atom stereocenters. The van der Waals surface area contributed by atoms with Gasteiger partial charge >= 0.3 is 0 Å². The lowest BCUT2D eigenvalue weighted by Crippen LogP contribution is -2.31. The molecule has 200 valence electrons. The number of hydrogen-bond donors (Lipinski definition) is 0. The summed E-state index contributed by atoms with van der Waals surface area (Å²) >= 11 is 0. The first kappa shape index (κ1) is 24.8. The predicted octanol–water partition coefficient (Wildman–Crippen LogP) is 9.26. The van der Waals surface area contributed by atoms with Gasteiger partial charge in [0.15, 0.2) is 0 Å². The zero-order valence-electron chi connectivity index (χ0n) is 24.0. The van der Waals surface area contributed by atoms with Crippen molar-refractivity contribution < 1.29 is 9.47 Å². The van der Waals surface area contributed by atoms with Crippen molar-refractivity contribution in [1.82, 2.24) is 0 Å². The Morgan fingerprint density at radius 3 is 1.95 bits per heavy atom. The van der Waals surface area contributed by atoms with Gasteiger partial charge in [-0.15, -0.1) is 0 Å². The molecule has 0 aliphatic heterocycles. The molecule has 0 bridgehead atoms. The third kappa shape index (κ3) is 3.39. The molecule has 3 aliphatic rings. The minimum absolute atomic E-state index is 0.0582. The Hall–Kier alpha value is -3.26. The highest BCUT2D eigenvalue weighted by atomic mass is 16.5. The molecule has 2 unspecified atom stereocenters. The zero-order valence-corrected chi connectivity index (χ0v) is 24.0. The van der Waals surface area contributed by atoms with Crippen LogP contribution in [0.5, 0.6) is 11.5 Å². The smallest absolute Gasteiger partial charge is 0.120 e. The molecule has 3 aliphatic carbocycles. The summed E-state index contributed by atoms with van der Waals surface area (Å²) in [5, 5.41) is 2.72. The van der Waals surface area contributed by atoms with Crippen LogP contribution < -0.4 is 9.47 Å². The number of benzene rings is 4. The normalized spacial score (nSPS) is 26.1.